The van der Waals surface area contributed by atoms with Crippen molar-refractivity contribution < 1.29 is 29.1 Å². The van der Waals surface area contributed by atoms with Crippen LogP contribution >= 0.6 is 0 Å². The molecule has 0 aliphatic carbocycles. The number of alkyl carbamates (subject to hydrolysis) is 1. The van der Waals surface area contributed by atoms with Crippen molar-refractivity contribution in [2.75, 3.05) is 0 Å². The molecule has 0 fully saturated rings. The Hall–Kier alpha value is -2.68. The van der Waals surface area contributed by atoms with E-state index in [-0.39, 0.29) is 11.4 Å². The second-order valence-electron chi connectivity index (χ2n) is 6.04. The van der Waals surface area contributed by atoms with Crippen molar-refractivity contribution in [2.45, 2.75) is 45.4 Å². The number of nitro groups is 1. The highest BCUT2D eigenvalue weighted by Gasteiger charge is 2.29. The van der Waals surface area contributed by atoms with Gasteiger partial charge in [-0.3, -0.25) is 10.1 Å². The number of aliphatic hydroxyl groups is 1. The topological polar surface area (TPSA) is 128 Å². The average molecular weight is 340 g/mol. The smallest absolute Gasteiger partial charge is 0.408 e. The molecular formula is C15H20N2O7. The molecule has 0 aromatic heterocycles. The maximum atomic E-state index is 12.1. The summed E-state index contributed by atoms with van der Waals surface area (Å²) < 4.78 is 10.0. The van der Waals surface area contributed by atoms with E-state index in [1.807, 2.05) is 0 Å². The number of amides is 1. The lowest BCUT2D eigenvalue weighted by Gasteiger charge is -2.24. The Balaban J connectivity index is 2.76. The molecule has 0 radical (unpaired) electrons. The first-order valence-electron chi connectivity index (χ1n) is 7.13. The minimum atomic E-state index is -1.35. The van der Waals surface area contributed by atoms with Crippen molar-refractivity contribution in [2.24, 2.45) is 0 Å². The molecule has 0 unspecified atom stereocenters. The number of benzene rings is 1. The number of rotatable bonds is 5. The zero-order valence-electron chi connectivity index (χ0n) is 13.8. The standard InChI is InChI=1S/C15H20N2O7/c1-9(18)12(16-14(20)24-15(2,3)4)13(19)23-11-7-5-10(6-8-11)17(21)22/h5-9,12,18H,1-4H3,(H,16,20)/t9-,12+/m1/s1. The minimum Gasteiger partial charge on any atom is -0.444 e. The summed E-state index contributed by atoms with van der Waals surface area (Å²) in [6.07, 6.45) is -2.11. The first kappa shape index (κ1) is 19.4. The molecule has 1 amide bonds. The number of non-ortho nitro benzene ring substituents is 1. The van der Waals surface area contributed by atoms with Crippen LogP contribution in [-0.2, 0) is 9.53 Å². The maximum absolute atomic E-state index is 12.1. The van der Waals surface area contributed by atoms with E-state index in [2.05, 4.69) is 5.32 Å². The molecule has 9 heteroatoms. The van der Waals surface area contributed by atoms with E-state index < -0.39 is 34.7 Å². The molecule has 1 rings (SSSR count). The molecule has 0 heterocycles. The predicted molar refractivity (Wildman–Crippen MR) is 83.6 cm³/mol. The van der Waals surface area contributed by atoms with Crippen molar-refractivity contribution in [3.05, 3.63) is 34.4 Å². The molecule has 0 bridgehead atoms. The molecule has 0 saturated carbocycles. The normalized spacial score (nSPS) is 13.5. The fraction of sp³-hybridized carbons (Fsp3) is 0.467. The van der Waals surface area contributed by atoms with E-state index in [1.165, 1.54) is 31.2 Å². The molecule has 0 saturated heterocycles. The summed E-state index contributed by atoms with van der Waals surface area (Å²) in [5.74, 6) is -0.882. The fourth-order valence-electron chi connectivity index (χ4n) is 1.63. The van der Waals surface area contributed by atoms with Crippen LogP contribution in [0.2, 0.25) is 0 Å². The summed E-state index contributed by atoms with van der Waals surface area (Å²) in [7, 11) is 0. The van der Waals surface area contributed by atoms with Gasteiger partial charge < -0.3 is 19.9 Å². The van der Waals surface area contributed by atoms with Gasteiger partial charge in [-0.1, -0.05) is 0 Å². The van der Waals surface area contributed by atoms with E-state index in [1.54, 1.807) is 20.8 Å². The van der Waals surface area contributed by atoms with Crippen LogP contribution in [0.1, 0.15) is 27.7 Å². The van der Waals surface area contributed by atoms with Gasteiger partial charge in [-0.2, -0.15) is 0 Å². The Labute approximate surface area is 138 Å². The van der Waals surface area contributed by atoms with Gasteiger partial charge in [-0.15, -0.1) is 0 Å². The van der Waals surface area contributed by atoms with Crippen molar-refractivity contribution in [3.8, 4) is 5.75 Å². The molecule has 0 spiro atoms. The Kier molecular flexibility index (Phi) is 6.24. The van der Waals surface area contributed by atoms with Crippen molar-refractivity contribution in [3.63, 3.8) is 0 Å². The van der Waals surface area contributed by atoms with Crippen molar-refractivity contribution in [1.29, 1.82) is 0 Å². The number of hydrogen-bond acceptors (Lipinski definition) is 7. The third kappa shape index (κ3) is 6.21. The Morgan fingerprint density at radius 2 is 1.79 bits per heavy atom. The molecule has 2 atom stereocenters. The highest BCUT2D eigenvalue weighted by atomic mass is 16.6. The Morgan fingerprint density at radius 1 is 1.25 bits per heavy atom. The van der Waals surface area contributed by atoms with Crippen LogP contribution in [-0.4, -0.2) is 39.8 Å². The lowest BCUT2D eigenvalue weighted by Crippen LogP contribution is -2.50. The van der Waals surface area contributed by atoms with Crippen molar-refractivity contribution in [1.82, 2.24) is 5.32 Å². The SMILES string of the molecule is C[C@@H](O)[C@H](NC(=O)OC(C)(C)C)C(=O)Oc1ccc([N+](=O)[O-])cc1. The van der Waals surface area contributed by atoms with Crippen LogP contribution in [0.3, 0.4) is 0 Å². The second-order valence-corrected chi connectivity index (χ2v) is 6.04. The third-order valence-electron chi connectivity index (χ3n) is 2.67. The number of hydrogen-bond donors (Lipinski definition) is 2. The number of carbonyl (C=O) groups is 2. The van der Waals surface area contributed by atoms with Crippen LogP contribution in [0.5, 0.6) is 5.75 Å². The number of nitro benzene ring substituents is 1. The zero-order chi connectivity index (χ0) is 18.5. The molecule has 2 N–H and O–H groups in total. The summed E-state index contributed by atoms with van der Waals surface area (Å²) in [4.78, 5) is 33.8. The van der Waals surface area contributed by atoms with E-state index in [0.29, 0.717) is 0 Å². The first-order valence-corrected chi connectivity index (χ1v) is 7.13. The van der Waals surface area contributed by atoms with Gasteiger partial charge in [0.2, 0.25) is 0 Å². The lowest BCUT2D eigenvalue weighted by atomic mass is 10.2. The van der Waals surface area contributed by atoms with Gasteiger partial charge in [0.15, 0.2) is 6.04 Å². The van der Waals surface area contributed by atoms with Crippen LogP contribution in [0.4, 0.5) is 10.5 Å². The Bertz CT molecular complexity index is 605. The summed E-state index contributed by atoms with van der Waals surface area (Å²) in [6, 6.07) is 3.46. The largest absolute Gasteiger partial charge is 0.444 e. The predicted octanol–water partition coefficient (Wildman–Crippen LogP) is 1.77. The van der Waals surface area contributed by atoms with E-state index >= 15 is 0 Å². The second kappa shape index (κ2) is 7.73. The average Bonchev–Trinajstić information content (AvgIpc) is 2.43. The van der Waals surface area contributed by atoms with Gasteiger partial charge in [0.25, 0.3) is 5.69 Å². The summed E-state index contributed by atoms with van der Waals surface area (Å²) in [5.41, 5.74) is -0.927. The molecule has 0 aliphatic rings. The molecule has 24 heavy (non-hydrogen) atoms. The number of esters is 1. The number of aliphatic hydroxyl groups excluding tert-OH is 1. The Morgan fingerprint density at radius 3 is 2.21 bits per heavy atom. The van der Waals surface area contributed by atoms with Gasteiger partial charge >= 0.3 is 12.1 Å². The number of ether oxygens (including phenoxy) is 2. The summed E-state index contributed by atoms with van der Waals surface area (Å²) in [6.45, 7) is 6.26. The fourth-order valence-corrected chi connectivity index (χ4v) is 1.63. The van der Waals surface area contributed by atoms with Crippen LogP contribution < -0.4 is 10.1 Å². The lowest BCUT2D eigenvalue weighted by molar-refractivity contribution is -0.384. The quantitative estimate of drug-likeness (QED) is 0.362. The molecule has 1 aromatic carbocycles. The first-order chi connectivity index (χ1) is 11.0. The summed E-state index contributed by atoms with van der Waals surface area (Å²) >= 11 is 0. The van der Waals surface area contributed by atoms with Crippen LogP contribution in [0.15, 0.2) is 24.3 Å². The van der Waals surface area contributed by atoms with Gasteiger partial charge in [-0.05, 0) is 39.8 Å². The number of carbonyl (C=O) groups excluding carboxylic acids is 2. The molecule has 132 valence electrons. The highest BCUT2D eigenvalue weighted by Crippen LogP contribution is 2.18. The monoisotopic (exact) mass is 340 g/mol. The van der Waals surface area contributed by atoms with Gasteiger partial charge in [0, 0.05) is 12.1 Å². The van der Waals surface area contributed by atoms with E-state index in [0.717, 1.165) is 0 Å². The third-order valence-corrected chi connectivity index (χ3v) is 2.67. The van der Waals surface area contributed by atoms with E-state index in [4.69, 9.17) is 9.47 Å². The van der Waals surface area contributed by atoms with Crippen LogP contribution in [0.25, 0.3) is 0 Å². The molecule has 9 nitrogen and oxygen atoms in total. The highest BCUT2D eigenvalue weighted by molar-refractivity contribution is 5.83. The van der Waals surface area contributed by atoms with E-state index in [9.17, 15) is 24.8 Å². The molecule has 1 aromatic rings. The maximum Gasteiger partial charge on any atom is 0.408 e. The number of nitrogens with one attached hydrogen (secondary N) is 1. The summed E-state index contributed by atoms with van der Waals surface area (Å²) in [5, 5.41) is 22.5. The molecule has 0 aliphatic heterocycles. The minimum absolute atomic E-state index is 0.0437. The van der Waals surface area contributed by atoms with Crippen molar-refractivity contribution >= 4 is 17.7 Å². The van der Waals surface area contributed by atoms with Gasteiger partial charge in [0.1, 0.15) is 11.4 Å². The zero-order valence-corrected chi connectivity index (χ0v) is 13.8. The number of nitrogens with zero attached hydrogens (tertiary/aromatic N) is 1. The van der Waals surface area contributed by atoms with Crippen LogP contribution in [0, 0.1) is 10.1 Å². The van der Waals surface area contributed by atoms with Gasteiger partial charge in [-0.25, -0.2) is 9.59 Å². The van der Waals surface area contributed by atoms with Gasteiger partial charge in [0.05, 0.1) is 11.0 Å². The molecular weight excluding hydrogens is 320 g/mol.